The second kappa shape index (κ2) is 7.14. The molecular weight excluding hydrogens is 298 g/mol. The van der Waals surface area contributed by atoms with Gasteiger partial charge in [0.25, 0.3) is 0 Å². The van der Waals surface area contributed by atoms with Gasteiger partial charge in [-0.2, -0.15) is 0 Å². The first kappa shape index (κ1) is 16.0. The van der Waals surface area contributed by atoms with Gasteiger partial charge in [-0.25, -0.2) is 0 Å². The number of hydrogen-bond acceptors (Lipinski definition) is 6. The Morgan fingerprint density at radius 2 is 2.09 bits per heavy atom. The minimum absolute atomic E-state index is 0.0120. The van der Waals surface area contributed by atoms with Crippen molar-refractivity contribution in [2.24, 2.45) is 0 Å². The van der Waals surface area contributed by atoms with Crippen LogP contribution >= 0.6 is 0 Å². The Labute approximate surface area is 135 Å². The summed E-state index contributed by atoms with van der Waals surface area (Å²) in [5.41, 5.74) is 1.00. The van der Waals surface area contributed by atoms with E-state index in [-0.39, 0.29) is 5.69 Å². The van der Waals surface area contributed by atoms with Gasteiger partial charge in [-0.3, -0.25) is 15.0 Å². The van der Waals surface area contributed by atoms with E-state index in [4.69, 9.17) is 9.47 Å². The van der Waals surface area contributed by atoms with Crippen LogP contribution in [-0.2, 0) is 4.74 Å². The number of benzene rings is 1. The summed E-state index contributed by atoms with van der Waals surface area (Å²) in [6.07, 6.45) is 2.32. The van der Waals surface area contributed by atoms with Gasteiger partial charge in [0, 0.05) is 50.0 Å². The van der Waals surface area contributed by atoms with Crippen LogP contribution in [0.15, 0.2) is 18.2 Å². The molecule has 0 radical (unpaired) electrons. The van der Waals surface area contributed by atoms with Gasteiger partial charge in [0.2, 0.25) is 0 Å². The van der Waals surface area contributed by atoms with Crippen LogP contribution < -0.4 is 9.64 Å². The van der Waals surface area contributed by atoms with Crippen molar-refractivity contribution in [3.63, 3.8) is 0 Å². The minimum atomic E-state index is -0.407. The van der Waals surface area contributed by atoms with Crippen molar-refractivity contribution in [1.29, 1.82) is 0 Å². The van der Waals surface area contributed by atoms with Crippen molar-refractivity contribution in [3.05, 3.63) is 28.3 Å². The zero-order valence-corrected chi connectivity index (χ0v) is 13.4. The molecule has 2 fully saturated rings. The molecule has 1 aromatic rings. The van der Waals surface area contributed by atoms with Crippen molar-refractivity contribution < 1.29 is 14.4 Å². The Morgan fingerprint density at radius 3 is 2.78 bits per heavy atom. The van der Waals surface area contributed by atoms with Crippen molar-refractivity contribution in [3.8, 4) is 5.75 Å². The van der Waals surface area contributed by atoms with Gasteiger partial charge < -0.3 is 14.4 Å². The molecule has 0 aliphatic carbocycles. The number of hydrogen-bond donors (Lipinski definition) is 0. The average molecular weight is 321 g/mol. The predicted octanol–water partition coefficient (Wildman–Crippen LogP) is 1.90. The summed E-state index contributed by atoms with van der Waals surface area (Å²) in [5.74, 6) is 0.320. The first-order valence-corrected chi connectivity index (χ1v) is 8.08. The Hall–Kier alpha value is -1.86. The fraction of sp³-hybridized carbons (Fsp3) is 0.625. The summed E-state index contributed by atoms with van der Waals surface area (Å²) >= 11 is 0. The third-order valence-corrected chi connectivity index (χ3v) is 4.68. The third-order valence-electron chi connectivity index (χ3n) is 4.68. The summed E-state index contributed by atoms with van der Waals surface area (Å²) in [4.78, 5) is 15.4. The number of piperidine rings is 1. The first-order valence-electron chi connectivity index (χ1n) is 8.08. The SMILES string of the molecule is COc1cc(N2CCCC(N3CCOCC3)C2)ccc1[N+](=O)[O-]. The fourth-order valence-electron chi connectivity index (χ4n) is 3.44. The molecule has 23 heavy (non-hydrogen) atoms. The van der Waals surface area contributed by atoms with Gasteiger partial charge in [-0.05, 0) is 18.9 Å². The number of rotatable bonds is 4. The molecule has 0 spiro atoms. The van der Waals surface area contributed by atoms with Crippen LogP contribution in [0.2, 0.25) is 0 Å². The number of nitrogens with zero attached hydrogens (tertiary/aromatic N) is 3. The highest BCUT2D eigenvalue weighted by atomic mass is 16.6. The lowest BCUT2D eigenvalue weighted by molar-refractivity contribution is -0.385. The monoisotopic (exact) mass is 321 g/mol. The van der Waals surface area contributed by atoms with E-state index < -0.39 is 4.92 Å². The normalized spacial score (nSPS) is 22.8. The number of nitro groups is 1. The molecule has 0 amide bonds. The molecule has 2 aliphatic rings. The lowest BCUT2D eigenvalue weighted by atomic mass is 10.0. The molecular formula is C16H23N3O4. The maximum Gasteiger partial charge on any atom is 0.311 e. The maximum atomic E-state index is 11.0. The van der Waals surface area contributed by atoms with Crippen molar-refractivity contribution in [2.75, 3.05) is 51.4 Å². The predicted molar refractivity (Wildman–Crippen MR) is 87.3 cm³/mol. The van der Waals surface area contributed by atoms with Crippen LogP contribution in [0.3, 0.4) is 0 Å². The Balaban J connectivity index is 1.74. The molecule has 7 heteroatoms. The van der Waals surface area contributed by atoms with Gasteiger partial charge in [0.15, 0.2) is 5.75 Å². The second-order valence-electron chi connectivity index (χ2n) is 6.00. The quantitative estimate of drug-likeness (QED) is 0.623. The summed E-state index contributed by atoms with van der Waals surface area (Å²) < 4.78 is 10.6. The molecule has 0 bridgehead atoms. The molecule has 3 rings (SSSR count). The number of nitro benzene ring substituents is 1. The Morgan fingerprint density at radius 1 is 1.30 bits per heavy atom. The van der Waals surface area contributed by atoms with Crippen molar-refractivity contribution in [1.82, 2.24) is 4.90 Å². The average Bonchev–Trinajstić information content (AvgIpc) is 2.62. The van der Waals surface area contributed by atoms with E-state index >= 15 is 0 Å². The van der Waals surface area contributed by atoms with E-state index in [0.717, 1.165) is 51.5 Å². The smallest absolute Gasteiger partial charge is 0.311 e. The van der Waals surface area contributed by atoms with E-state index in [0.29, 0.717) is 11.8 Å². The highest BCUT2D eigenvalue weighted by Gasteiger charge is 2.27. The summed E-state index contributed by atoms with van der Waals surface area (Å²) in [7, 11) is 1.47. The Kier molecular flexibility index (Phi) is 4.97. The maximum absolute atomic E-state index is 11.0. The van der Waals surface area contributed by atoms with Crippen molar-refractivity contribution in [2.45, 2.75) is 18.9 Å². The van der Waals surface area contributed by atoms with Crippen LogP contribution in [0.5, 0.6) is 5.75 Å². The van der Waals surface area contributed by atoms with Crippen molar-refractivity contribution >= 4 is 11.4 Å². The van der Waals surface area contributed by atoms with Crippen LogP contribution in [0.1, 0.15) is 12.8 Å². The topological polar surface area (TPSA) is 68.1 Å². The molecule has 0 saturated carbocycles. The zero-order valence-electron chi connectivity index (χ0n) is 13.4. The van der Waals surface area contributed by atoms with Crippen LogP contribution in [-0.4, -0.2) is 62.4 Å². The molecule has 0 aromatic heterocycles. The number of ether oxygens (including phenoxy) is 2. The summed E-state index contributed by atoms with van der Waals surface area (Å²) in [6.45, 7) is 5.51. The van der Waals surface area contributed by atoms with Gasteiger partial charge in [0.05, 0.1) is 25.2 Å². The molecule has 1 aromatic carbocycles. The minimum Gasteiger partial charge on any atom is -0.490 e. The standard InChI is InChI=1S/C16H23N3O4/c1-22-16-11-13(4-5-15(16)19(20)21)18-6-2-3-14(12-18)17-7-9-23-10-8-17/h4-5,11,14H,2-3,6-10,12H2,1H3. The second-order valence-corrected chi connectivity index (χ2v) is 6.00. The molecule has 2 aliphatic heterocycles. The highest BCUT2D eigenvalue weighted by molar-refractivity contribution is 5.59. The third kappa shape index (κ3) is 3.56. The largest absolute Gasteiger partial charge is 0.490 e. The molecule has 7 nitrogen and oxygen atoms in total. The van der Waals surface area contributed by atoms with E-state index in [2.05, 4.69) is 9.80 Å². The van der Waals surface area contributed by atoms with E-state index in [1.807, 2.05) is 6.07 Å². The molecule has 2 saturated heterocycles. The zero-order chi connectivity index (χ0) is 16.2. The van der Waals surface area contributed by atoms with Gasteiger partial charge in [-0.15, -0.1) is 0 Å². The number of methoxy groups -OCH3 is 1. The molecule has 126 valence electrons. The van der Waals surface area contributed by atoms with Crippen LogP contribution in [0.4, 0.5) is 11.4 Å². The number of anilines is 1. The Bertz CT molecular complexity index is 560. The molecule has 2 heterocycles. The van der Waals surface area contributed by atoms with Crippen LogP contribution in [0, 0.1) is 10.1 Å². The van der Waals surface area contributed by atoms with E-state index in [1.165, 1.54) is 19.6 Å². The van der Waals surface area contributed by atoms with E-state index in [9.17, 15) is 10.1 Å². The van der Waals surface area contributed by atoms with Gasteiger partial charge >= 0.3 is 5.69 Å². The summed E-state index contributed by atoms with van der Waals surface area (Å²) in [5, 5.41) is 11.0. The molecule has 0 N–H and O–H groups in total. The van der Waals surface area contributed by atoms with Crippen LogP contribution in [0.25, 0.3) is 0 Å². The van der Waals surface area contributed by atoms with Gasteiger partial charge in [-0.1, -0.05) is 0 Å². The van der Waals surface area contributed by atoms with Gasteiger partial charge in [0.1, 0.15) is 0 Å². The number of morpholine rings is 1. The fourth-order valence-corrected chi connectivity index (χ4v) is 3.44. The molecule has 1 unspecified atom stereocenters. The van der Waals surface area contributed by atoms with E-state index in [1.54, 1.807) is 6.07 Å². The lowest BCUT2D eigenvalue weighted by Gasteiger charge is -2.41. The molecule has 1 atom stereocenters. The lowest BCUT2D eigenvalue weighted by Crippen LogP contribution is -2.51. The summed E-state index contributed by atoms with van der Waals surface area (Å²) in [6, 6.07) is 5.66. The highest BCUT2D eigenvalue weighted by Crippen LogP contribution is 2.33. The first-order chi connectivity index (χ1) is 11.2.